The monoisotopic (exact) mass is 453 g/mol. The standard InChI is InChI=1S/C27H39N3O3/c31-22-7-6-21-16-24-27(33)10-14-28(19-25(32)29-11-2-1-3-12-29)13-8-26(27,23(21)17-22)9-15-30(24)18-20-4-5-20/h6-7,17,20,24,31,33H,1-5,8-16,18-19H2. The first-order chi connectivity index (χ1) is 16.0. The number of amides is 1. The molecule has 0 radical (unpaired) electrons. The fourth-order valence-electron chi connectivity index (χ4n) is 7.50. The van der Waals surface area contributed by atoms with Gasteiger partial charge in [-0.3, -0.25) is 14.6 Å². The third-order valence-electron chi connectivity index (χ3n) is 9.59. The lowest BCUT2D eigenvalue weighted by Crippen LogP contribution is -2.71. The average molecular weight is 454 g/mol. The number of hydrogen-bond donors (Lipinski definition) is 2. The number of likely N-dealkylation sites (tertiary alicyclic amines) is 3. The molecular formula is C27H39N3O3. The van der Waals surface area contributed by atoms with Crippen molar-refractivity contribution in [1.82, 2.24) is 14.7 Å². The Bertz CT molecular complexity index is 912. The van der Waals surface area contributed by atoms with Crippen molar-refractivity contribution >= 4 is 5.91 Å². The lowest BCUT2D eigenvalue weighted by molar-refractivity contribution is -0.149. The van der Waals surface area contributed by atoms with Crippen molar-refractivity contribution in [2.24, 2.45) is 5.92 Å². The first-order valence-corrected chi connectivity index (χ1v) is 13.3. The van der Waals surface area contributed by atoms with Crippen molar-refractivity contribution < 1.29 is 15.0 Å². The number of piperidine rings is 2. The highest BCUT2D eigenvalue weighted by Crippen LogP contribution is 2.56. The number of phenolic OH excluding ortho intramolecular Hbond substituents is 1. The number of phenols is 1. The molecule has 1 saturated carbocycles. The summed E-state index contributed by atoms with van der Waals surface area (Å²) in [7, 11) is 0. The molecule has 3 aliphatic heterocycles. The van der Waals surface area contributed by atoms with Gasteiger partial charge >= 0.3 is 0 Å². The molecule has 0 spiro atoms. The van der Waals surface area contributed by atoms with E-state index in [4.69, 9.17) is 0 Å². The number of carbonyl (C=O) groups excluding carboxylic acids is 1. The van der Waals surface area contributed by atoms with Gasteiger partial charge in [-0.05, 0) is 100 Å². The van der Waals surface area contributed by atoms with Crippen LogP contribution in [0.2, 0.25) is 0 Å². The van der Waals surface area contributed by atoms with Crippen LogP contribution in [0, 0.1) is 5.92 Å². The number of fused-ring (bicyclic) bond motifs is 1. The second kappa shape index (κ2) is 8.24. The summed E-state index contributed by atoms with van der Waals surface area (Å²) in [4.78, 5) is 19.9. The predicted octanol–water partition coefficient (Wildman–Crippen LogP) is 2.51. The lowest BCUT2D eigenvalue weighted by Gasteiger charge is -2.61. The molecule has 0 aromatic heterocycles. The van der Waals surface area contributed by atoms with E-state index in [2.05, 4.69) is 15.9 Å². The number of benzene rings is 1. The van der Waals surface area contributed by atoms with E-state index in [0.717, 1.165) is 82.9 Å². The zero-order chi connectivity index (χ0) is 22.6. The summed E-state index contributed by atoms with van der Waals surface area (Å²) in [6.45, 7) is 5.97. The van der Waals surface area contributed by atoms with Crippen molar-refractivity contribution in [2.45, 2.75) is 74.8 Å². The number of carbonyl (C=O) groups is 1. The van der Waals surface area contributed by atoms with Crippen molar-refractivity contribution in [3.63, 3.8) is 0 Å². The molecule has 2 aliphatic carbocycles. The number of aliphatic hydroxyl groups is 1. The van der Waals surface area contributed by atoms with E-state index in [-0.39, 0.29) is 17.4 Å². The van der Waals surface area contributed by atoms with Crippen LogP contribution < -0.4 is 0 Å². The maximum atomic E-state index is 13.0. The van der Waals surface area contributed by atoms with Gasteiger partial charge in [0.1, 0.15) is 5.75 Å². The minimum Gasteiger partial charge on any atom is -0.508 e. The Kier molecular flexibility index (Phi) is 5.46. The number of aromatic hydroxyl groups is 1. The summed E-state index contributed by atoms with van der Waals surface area (Å²) in [6, 6.07) is 5.95. The van der Waals surface area contributed by atoms with Crippen LogP contribution in [-0.2, 0) is 16.6 Å². The molecule has 6 heteroatoms. The minimum atomic E-state index is -0.816. The molecule has 3 saturated heterocycles. The molecule has 2 N–H and O–H groups in total. The van der Waals surface area contributed by atoms with Crippen molar-refractivity contribution in [2.75, 3.05) is 45.8 Å². The van der Waals surface area contributed by atoms with Crippen LogP contribution in [0.5, 0.6) is 5.75 Å². The normalized spacial score (nSPS) is 34.9. The average Bonchev–Trinajstić information content (AvgIpc) is 3.65. The number of nitrogens with zero attached hydrogens (tertiary/aromatic N) is 3. The van der Waals surface area contributed by atoms with Gasteiger partial charge in [0.25, 0.3) is 0 Å². The summed E-state index contributed by atoms with van der Waals surface area (Å²) >= 11 is 0. The zero-order valence-corrected chi connectivity index (χ0v) is 19.8. The first kappa shape index (κ1) is 21.9. The molecule has 1 aromatic carbocycles. The Morgan fingerprint density at radius 2 is 1.76 bits per heavy atom. The third-order valence-corrected chi connectivity index (χ3v) is 9.59. The molecule has 3 atom stereocenters. The van der Waals surface area contributed by atoms with E-state index in [1.807, 2.05) is 11.0 Å². The van der Waals surface area contributed by atoms with Crippen molar-refractivity contribution in [3.05, 3.63) is 29.3 Å². The molecular weight excluding hydrogens is 414 g/mol. The maximum Gasteiger partial charge on any atom is 0.236 e. The quantitative estimate of drug-likeness (QED) is 0.733. The van der Waals surface area contributed by atoms with E-state index in [1.54, 1.807) is 6.07 Å². The van der Waals surface area contributed by atoms with Crippen LogP contribution in [0.3, 0.4) is 0 Å². The number of rotatable bonds is 4. The fourth-order valence-corrected chi connectivity index (χ4v) is 7.50. The first-order valence-electron chi connectivity index (χ1n) is 13.3. The third kappa shape index (κ3) is 3.69. The van der Waals surface area contributed by atoms with Crippen LogP contribution in [0.15, 0.2) is 18.2 Å². The van der Waals surface area contributed by atoms with Gasteiger partial charge in [0.15, 0.2) is 0 Å². The Hall–Kier alpha value is -1.63. The molecule has 4 fully saturated rings. The Labute approximate surface area is 197 Å². The molecule has 3 heterocycles. The molecule has 6 rings (SSSR count). The Balaban J connectivity index is 1.30. The smallest absolute Gasteiger partial charge is 0.236 e. The summed E-state index contributed by atoms with van der Waals surface area (Å²) in [5, 5.41) is 22.9. The zero-order valence-electron chi connectivity index (χ0n) is 19.8. The van der Waals surface area contributed by atoms with Crippen molar-refractivity contribution in [3.8, 4) is 5.75 Å². The second-order valence-corrected chi connectivity index (χ2v) is 11.5. The Morgan fingerprint density at radius 3 is 2.55 bits per heavy atom. The highest BCUT2D eigenvalue weighted by atomic mass is 16.3. The fraction of sp³-hybridized carbons (Fsp3) is 0.741. The summed E-state index contributed by atoms with van der Waals surface area (Å²) in [5.41, 5.74) is 1.30. The topological polar surface area (TPSA) is 67.2 Å². The van der Waals surface area contributed by atoms with Gasteiger partial charge < -0.3 is 15.1 Å². The predicted molar refractivity (Wildman–Crippen MR) is 127 cm³/mol. The van der Waals surface area contributed by atoms with Gasteiger partial charge in [0.05, 0.1) is 12.1 Å². The largest absolute Gasteiger partial charge is 0.508 e. The van der Waals surface area contributed by atoms with Crippen LogP contribution >= 0.6 is 0 Å². The van der Waals surface area contributed by atoms with Crippen LogP contribution in [0.4, 0.5) is 0 Å². The van der Waals surface area contributed by atoms with E-state index in [9.17, 15) is 15.0 Å². The van der Waals surface area contributed by atoms with Gasteiger partial charge in [-0.15, -0.1) is 0 Å². The highest BCUT2D eigenvalue weighted by Gasteiger charge is 2.63. The molecule has 2 bridgehead atoms. The maximum absolute atomic E-state index is 13.0. The summed E-state index contributed by atoms with van der Waals surface area (Å²) in [6.07, 6.45) is 9.44. The van der Waals surface area contributed by atoms with Crippen LogP contribution in [-0.4, -0.2) is 88.3 Å². The van der Waals surface area contributed by atoms with Gasteiger partial charge in [-0.1, -0.05) is 6.07 Å². The summed E-state index contributed by atoms with van der Waals surface area (Å²) < 4.78 is 0. The molecule has 5 aliphatic rings. The molecule has 3 unspecified atom stereocenters. The van der Waals surface area contributed by atoms with Crippen molar-refractivity contribution in [1.29, 1.82) is 0 Å². The Morgan fingerprint density at radius 1 is 1.00 bits per heavy atom. The van der Waals surface area contributed by atoms with E-state index in [0.29, 0.717) is 18.7 Å². The molecule has 180 valence electrons. The van der Waals surface area contributed by atoms with Gasteiger partial charge in [-0.25, -0.2) is 0 Å². The highest BCUT2D eigenvalue weighted by molar-refractivity contribution is 5.78. The van der Waals surface area contributed by atoms with Gasteiger partial charge in [0, 0.05) is 37.6 Å². The molecule has 1 aromatic rings. The number of hydrogen-bond acceptors (Lipinski definition) is 5. The minimum absolute atomic E-state index is 0.127. The van der Waals surface area contributed by atoms with Crippen LogP contribution in [0.1, 0.15) is 62.5 Å². The van der Waals surface area contributed by atoms with Gasteiger partial charge in [0.2, 0.25) is 5.91 Å². The van der Waals surface area contributed by atoms with Gasteiger partial charge in [-0.2, -0.15) is 0 Å². The summed E-state index contributed by atoms with van der Waals surface area (Å²) in [5.74, 6) is 1.35. The van der Waals surface area contributed by atoms with E-state index in [1.165, 1.54) is 24.8 Å². The van der Waals surface area contributed by atoms with E-state index >= 15 is 0 Å². The SMILES string of the molecule is O=C(CN1CCC23CCN(CC4CC4)C(Cc4ccc(O)cc42)C3(O)CC1)N1CCCCC1. The molecule has 1 amide bonds. The van der Waals surface area contributed by atoms with E-state index < -0.39 is 5.60 Å². The second-order valence-electron chi connectivity index (χ2n) is 11.5. The molecule has 6 nitrogen and oxygen atoms in total. The van der Waals surface area contributed by atoms with Crippen LogP contribution in [0.25, 0.3) is 0 Å². The molecule has 33 heavy (non-hydrogen) atoms. The lowest BCUT2D eigenvalue weighted by atomic mass is 9.52.